The number of anilines is 1. The Hall–Kier alpha value is -1.40. The molecule has 0 spiro atoms. The van der Waals surface area contributed by atoms with Crippen molar-refractivity contribution in [3.8, 4) is 0 Å². The molecular weight excluding hydrogens is 348 g/mol. The fourth-order valence-electron chi connectivity index (χ4n) is 2.72. The maximum absolute atomic E-state index is 12.1. The lowest BCUT2D eigenvalue weighted by molar-refractivity contribution is -0.138. The van der Waals surface area contributed by atoms with Crippen LogP contribution >= 0.6 is 15.9 Å². The standard InChI is InChI=1S/C16H21BrN2O3/c1-11-8-13(2-3-14(11)17)18-15(20)10-19-6-4-12(5-7-19)9-16(21)22/h2-3,8,12H,4-7,9-10H2,1H3,(H,18,20)(H,21,22). The molecule has 0 aliphatic carbocycles. The number of amides is 1. The molecule has 1 aliphatic rings. The molecule has 5 nitrogen and oxygen atoms in total. The van der Waals surface area contributed by atoms with Crippen molar-refractivity contribution in [2.24, 2.45) is 5.92 Å². The van der Waals surface area contributed by atoms with Crippen LogP contribution in [0.15, 0.2) is 22.7 Å². The molecule has 1 heterocycles. The van der Waals surface area contributed by atoms with E-state index in [0.29, 0.717) is 6.54 Å². The van der Waals surface area contributed by atoms with Gasteiger partial charge in [-0.3, -0.25) is 14.5 Å². The summed E-state index contributed by atoms with van der Waals surface area (Å²) in [6.07, 6.45) is 1.92. The van der Waals surface area contributed by atoms with Crippen molar-refractivity contribution in [3.05, 3.63) is 28.2 Å². The van der Waals surface area contributed by atoms with Crippen LogP contribution in [0.5, 0.6) is 0 Å². The van der Waals surface area contributed by atoms with Crippen molar-refractivity contribution in [2.45, 2.75) is 26.2 Å². The SMILES string of the molecule is Cc1cc(NC(=O)CN2CCC(CC(=O)O)CC2)ccc1Br. The number of likely N-dealkylation sites (tertiary alicyclic amines) is 1. The van der Waals surface area contributed by atoms with Gasteiger partial charge in [-0.25, -0.2) is 0 Å². The van der Waals surface area contributed by atoms with E-state index in [4.69, 9.17) is 5.11 Å². The number of aliphatic carboxylic acids is 1. The van der Waals surface area contributed by atoms with Gasteiger partial charge in [0.05, 0.1) is 6.54 Å². The van der Waals surface area contributed by atoms with Gasteiger partial charge in [0, 0.05) is 16.6 Å². The minimum atomic E-state index is -0.734. The number of nitrogens with one attached hydrogen (secondary N) is 1. The number of hydrogen-bond acceptors (Lipinski definition) is 3. The van der Waals surface area contributed by atoms with Crippen molar-refractivity contribution < 1.29 is 14.7 Å². The number of hydrogen-bond donors (Lipinski definition) is 2. The van der Waals surface area contributed by atoms with Crippen LogP contribution in [0.3, 0.4) is 0 Å². The lowest BCUT2D eigenvalue weighted by atomic mass is 9.94. The summed E-state index contributed by atoms with van der Waals surface area (Å²) >= 11 is 3.44. The van der Waals surface area contributed by atoms with E-state index in [2.05, 4.69) is 26.1 Å². The number of nitrogens with zero attached hydrogens (tertiary/aromatic N) is 1. The van der Waals surface area contributed by atoms with Gasteiger partial charge in [-0.1, -0.05) is 15.9 Å². The summed E-state index contributed by atoms with van der Waals surface area (Å²) in [5, 5.41) is 11.7. The van der Waals surface area contributed by atoms with E-state index in [0.717, 1.165) is 41.7 Å². The fourth-order valence-corrected chi connectivity index (χ4v) is 2.97. The highest BCUT2D eigenvalue weighted by atomic mass is 79.9. The average Bonchev–Trinajstić information content (AvgIpc) is 2.44. The zero-order valence-corrected chi connectivity index (χ0v) is 14.2. The van der Waals surface area contributed by atoms with E-state index >= 15 is 0 Å². The van der Waals surface area contributed by atoms with Crippen molar-refractivity contribution in [3.63, 3.8) is 0 Å². The van der Waals surface area contributed by atoms with Crippen molar-refractivity contribution >= 4 is 33.5 Å². The summed E-state index contributed by atoms with van der Waals surface area (Å²) in [7, 11) is 0. The molecule has 2 N–H and O–H groups in total. The van der Waals surface area contributed by atoms with Gasteiger partial charge in [0.15, 0.2) is 0 Å². The highest BCUT2D eigenvalue weighted by Gasteiger charge is 2.22. The first kappa shape index (κ1) is 17.0. The molecule has 0 aromatic heterocycles. The summed E-state index contributed by atoms with van der Waals surface area (Å²) in [5.41, 5.74) is 1.87. The molecule has 1 aliphatic heterocycles. The number of aryl methyl sites for hydroxylation is 1. The molecule has 0 atom stereocenters. The summed E-state index contributed by atoms with van der Waals surface area (Å²) < 4.78 is 1.02. The highest BCUT2D eigenvalue weighted by molar-refractivity contribution is 9.10. The Morgan fingerprint density at radius 3 is 2.64 bits per heavy atom. The van der Waals surface area contributed by atoms with Crippen molar-refractivity contribution in [1.82, 2.24) is 4.90 Å². The van der Waals surface area contributed by atoms with Gasteiger partial charge in [-0.15, -0.1) is 0 Å². The van der Waals surface area contributed by atoms with Crippen LogP contribution in [-0.2, 0) is 9.59 Å². The second-order valence-electron chi connectivity index (χ2n) is 5.83. The molecule has 1 aromatic carbocycles. The van der Waals surface area contributed by atoms with Crippen molar-refractivity contribution in [2.75, 3.05) is 25.0 Å². The molecule has 1 aromatic rings. The number of carbonyl (C=O) groups excluding carboxylic acids is 1. The Labute approximate surface area is 138 Å². The third-order valence-corrected chi connectivity index (χ3v) is 4.87. The van der Waals surface area contributed by atoms with E-state index < -0.39 is 5.97 Å². The number of piperidine rings is 1. The molecule has 6 heteroatoms. The van der Waals surface area contributed by atoms with Gasteiger partial charge in [-0.05, 0) is 62.5 Å². The Morgan fingerprint density at radius 1 is 1.36 bits per heavy atom. The van der Waals surface area contributed by atoms with Gasteiger partial charge >= 0.3 is 5.97 Å². The molecule has 120 valence electrons. The molecule has 0 unspecified atom stereocenters. The zero-order chi connectivity index (χ0) is 16.1. The number of benzene rings is 1. The summed E-state index contributed by atoms with van der Waals surface area (Å²) in [6, 6.07) is 5.72. The van der Waals surface area contributed by atoms with Crippen LogP contribution in [-0.4, -0.2) is 41.5 Å². The molecule has 0 saturated carbocycles. The molecule has 1 fully saturated rings. The highest BCUT2D eigenvalue weighted by Crippen LogP contribution is 2.21. The largest absolute Gasteiger partial charge is 0.481 e. The van der Waals surface area contributed by atoms with Crippen molar-refractivity contribution in [1.29, 1.82) is 0 Å². The first-order valence-corrected chi connectivity index (χ1v) is 8.23. The van der Waals surface area contributed by atoms with Gasteiger partial charge in [0.25, 0.3) is 0 Å². The van der Waals surface area contributed by atoms with Crippen LogP contribution < -0.4 is 5.32 Å². The van der Waals surface area contributed by atoms with E-state index in [9.17, 15) is 9.59 Å². The van der Waals surface area contributed by atoms with E-state index in [1.165, 1.54) is 0 Å². The first-order valence-electron chi connectivity index (χ1n) is 7.44. The lowest BCUT2D eigenvalue weighted by Crippen LogP contribution is -2.39. The smallest absolute Gasteiger partial charge is 0.303 e. The minimum Gasteiger partial charge on any atom is -0.481 e. The van der Waals surface area contributed by atoms with Gasteiger partial charge in [0.1, 0.15) is 0 Å². The summed E-state index contributed by atoms with van der Waals surface area (Å²) in [4.78, 5) is 24.9. The third-order valence-electron chi connectivity index (χ3n) is 3.98. The summed E-state index contributed by atoms with van der Waals surface area (Å²) in [6.45, 7) is 3.90. The van der Waals surface area contributed by atoms with Gasteiger partial charge < -0.3 is 10.4 Å². The molecule has 0 bridgehead atoms. The van der Waals surface area contributed by atoms with Crippen LogP contribution in [0.25, 0.3) is 0 Å². The van der Waals surface area contributed by atoms with Gasteiger partial charge in [-0.2, -0.15) is 0 Å². The molecule has 22 heavy (non-hydrogen) atoms. The summed E-state index contributed by atoms with van der Waals surface area (Å²) in [5.74, 6) is -0.522. The number of carboxylic acids is 1. The molecular formula is C16H21BrN2O3. The van der Waals surface area contributed by atoms with Crippen LogP contribution in [0.2, 0.25) is 0 Å². The van der Waals surface area contributed by atoms with Gasteiger partial charge in [0.2, 0.25) is 5.91 Å². The third kappa shape index (κ3) is 5.10. The Bertz CT molecular complexity index is 554. The fraction of sp³-hybridized carbons (Fsp3) is 0.500. The topological polar surface area (TPSA) is 69.6 Å². The lowest BCUT2D eigenvalue weighted by Gasteiger charge is -2.30. The average molecular weight is 369 g/mol. The minimum absolute atomic E-state index is 0.0293. The first-order chi connectivity index (χ1) is 10.4. The quantitative estimate of drug-likeness (QED) is 0.838. The Morgan fingerprint density at radius 2 is 2.05 bits per heavy atom. The molecule has 1 amide bonds. The maximum Gasteiger partial charge on any atom is 0.303 e. The predicted octanol–water partition coefficient (Wildman–Crippen LogP) is 2.88. The number of rotatable bonds is 5. The van der Waals surface area contributed by atoms with E-state index in [-0.39, 0.29) is 18.2 Å². The number of carbonyl (C=O) groups is 2. The molecule has 0 radical (unpaired) electrons. The Balaban J connectivity index is 1.78. The van der Waals surface area contributed by atoms with E-state index in [1.54, 1.807) is 0 Å². The second kappa shape index (κ2) is 7.74. The zero-order valence-electron chi connectivity index (χ0n) is 12.6. The number of carboxylic acid groups (broad SMARTS) is 1. The molecule has 1 saturated heterocycles. The van der Waals surface area contributed by atoms with E-state index in [1.807, 2.05) is 25.1 Å². The monoisotopic (exact) mass is 368 g/mol. The van der Waals surface area contributed by atoms with Crippen LogP contribution in [0, 0.1) is 12.8 Å². The number of halogens is 1. The Kier molecular flexibility index (Phi) is 5.97. The predicted molar refractivity (Wildman–Crippen MR) is 88.9 cm³/mol. The normalized spacial score (nSPS) is 16.5. The maximum atomic E-state index is 12.1. The van der Waals surface area contributed by atoms with Crippen LogP contribution in [0.4, 0.5) is 5.69 Å². The molecule has 2 rings (SSSR count). The van der Waals surface area contributed by atoms with Crippen LogP contribution in [0.1, 0.15) is 24.8 Å². The second-order valence-corrected chi connectivity index (χ2v) is 6.68.